The Morgan fingerprint density at radius 1 is 1.21 bits per heavy atom. The molecule has 0 fully saturated rings. The van der Waals surface area contributed by atoms with Crippen LogP contribution in [0.25, 0.3) is 0 Å². The van der Waals surface area contributed by atoms with E-state index in [1.165, 1.54) is 12.1 Å². The van der Waals surface area contributed by atoms with Gasteiger partial charge in [0.05, 0.1) is 4.47 Å². The lowest BCUT2D eigenvalue weighted by Crippen LogP contribution is -1.84. The Balaban J connectivity index is 0.000000292. The number of halogens is 3. The van der Waals surface area contributed by atoms with Gasteiger partial charge in [0.25, 0.3) is 0 Å². The first-order chi connectivity index (χ1) is 6.63. The van der Waals surface area contributed by atoms with Crippen LogP contribution in [0.15, 0.2) is 22.7 Å². The molecule has 0 aliphatic rings. The first-order valence-corrected chi connectivity index (χ1v) is 5.10. The highest BCUT2D eigenvalue weighted by Crippen LogP contribution is 2.16. The van der Waals surface area contributed by atoms with E-state index >= 15 is 0 Å². The van der Waals surface area contributed by atoms with Gasteiger partial charge in [-0.2, -0.15) is 0 Å². The fourth-order valence-electron chi connectivity index (χ4n) is 0.682. The minimum atomic E-state index is -0.836. The van der Waals surface area contributed by atoms with E-state index < -0.39 is 11.6 Å². The van der Waals surface area contributed by atoms with Crippen molar-refractivity contribution in [1.29, 1.82) is 0 Å². The average Bonchev–Trinajstić information content (AvgIpc) is 2.16. The van der Waals surface area contributed by atoms with Gasteiger partial charge in [-0.25, -0.2) is 8.78 Å². The van der Waals surface area contributed by atoms with E-state index in [0.717, 1.165) is 19.3 Å². The van der Waals surface area contributed by atoms with Crippen molar-refractivity contribution in [2.24, 2.45) is 0 Å². The minimum Gasteiger partial charge on any atom is -0.382 e. The molecule has 0 saturated carbocycles. The summed E-state index contributed by atoms with van der Waals surface area (Å²) in [6, 6.07) is 3.95. The first-order valence-electron chi connectivity index (χ1n) is 4.30. The molecule has 0 heterocycles. The molecule has 0 N–H and O–H groups in total. The molecule has 0 saturated heterocycles. The molecule has 0 radical (unpaired) electrons. The molecular weight excluding hydrogens is 254 g/mol. The highest BCUT2D eigenvalue weighted by Gasteiger charge is 2.02. The Hall–Kier alpha value is -0.480. The van der Waals surface area contributed by atoms with Gasteiger partial charge in [-0.1, -0.05) is 6.07 Å². The highest BCUT2D eigenvalue weighted by molar-refractivity contribution is 9.10. The first kappa shape index (κ1) is 13.5. The van der Waals surface area contributed by atoms with Gasteiger partial charge in [0.1, 0.15) is 0 Å². The summed E-state index contributed by atoms with van der Waals surface area (Å²) in [5, 5.41) is 0. The van der Waals surface area contributed by atoms with Crippen molar-refractivity contribution >= 4 is 15.9 Å². The molecule has 0 amide bonds. The van der Waals surface area contributed by atoms with Crippen LogP contribution in [0.5, 0.6) is 0 Å². The van der Waals surface area contributed by atoms with E-state index in [1.54, 1.807) is 0 Å². The molecular formula is C10H13BrF2O. The predicted molar refractivity (Wildman–Crippen MR) is 56.2 cm³/mol. The maximum atomic E-state index is 12.3. The van der Waals surface area contributed by atoms with E-state index in [1.807, 2.05) is 13.8 Å². The monoisotopic (exact) mass is 266 g/mol. The van der Waals surface area contributed by atoms with Crippen molar-refractivity contribution < 1.29 is 13.5 Å². The smallest absolute Gasteiger partial charge is 0.172 e. The molecule has 0 bridgehead atoms. The van der Waals surface area contributed by atoms with Crippen LogP contribution in [0.2, 0.25) is 0 Å². The summed E-state index contributed by atoms with van der Waals surface area (Å²) in [5.74, 6) is -1.66. The largest absolute Gasteiger partial charge is 0.382 e. The summed E-state index contributed by atoms with van der Waals surface area (Å²) in [5.41, 5.74) is 0. The molecule has 1 rings (SSSR count). The third kappa shape index (κ3) is 5.29. The Bertz CT molecular complexity index is 244. The summed E-state index contributed by atoms with van der Waals surface area (Å²) in [4.78, 5) is 0. The zero-order chi connectivity index (χ0) is 11.0. The number of hydrogen-bond acceptors (Lipinski definition) is 1. The molecule has 0 aliphatic heterocycles. The van der Waals surface area contributed by atoms with Crippen LogP contribution < -0.4 is 0 Å². The van der Waals surface area contributed by atoms with E-state index in [4.69, 9.17) is 4.74 Å². The Kier molecular flexibility index (Phi) is 7.61. The second kappa shape index (κ2) is 7.88. The van der Waals surface area contributed by atoms with E-state index in [2.05, 4.69) is 15.9 Å². The van der Waals surface area contributed by atoms with Gasteiger partial charge in [-0.05, 0) is 41.9 Å². The summed E-state index contributed by atoms with van der Waals surface area (Å²) in [7, 11) is 0. The van der Waals surface area contributed by atoms with Crippen LogP contribution in [0.4, 0.5) is 8.78 Å². The molecule has 4 heteroatoms. The lowest BCUT2D eigenvalue weighted by atomic mass is 10.3. The molecule has 14 heavy (non-hydrogen) atoms. The van der Waals surface area contributed by atoms with Gasteiger partial charge < -0.3 is 4.74 Å². The standard InChI is InChI=1S/C6H3BrF2.C4H10O/c7-4-2-1-3-5(8)6(4)9;1-3-5-4-2/h1-3H;3-4H2,1-2H3. The summed E-state index contributed by atoms with van der Waals surface area (Å²) >= 11 is 2.83. The summed E-state index contributed by atoms with van der Waals surface area (Å²) in [6.45, 7) is 5.67. The Morgan fingerprint density at radius 2 is 1.79 bits per heavy atom. The van der Waals surface area contributed by atoms with E-state index in [0.29, 0.717) is 0 Å². The third-order valence-electron chi connectivity index (χ3n) is 1.31. The lowest BCUT2D eigenvalue weighted by molar-refractivity contribution is 0.162. The minimum absolute atomic E-state index is 0.155. The van der Waals surface area contributed by atoms with Gasteiger partial charge in [-0.15, -0.1) is 0 Å². The Labute approximate surface area is 91.2 Å². The highest BCUT2D eigenvalue weighted by atomic mass is 79.9. The van der Waals surface area contributed by atoms with Crippen LogP contribution in [-0.4, -0.2) is 13.2 Å². The molecule has 1 aromatic carbocycles. The Morgan fingerprint density at radius 3 is 2.07 bits per heavy atom. The van der Waals surface area contributed by atoms with Gasteiger partial charge in [0.15, 0.2) is 11.6 Å². The molecule has 0 spiro atoms. The predicted octanol–water partition coefficient (Wildman–Crippen LogP) is 3.77. The van der Waals surface area contributed by atoms with Gasteiger partial charge in [0.2, 0.25) is 0 Å². The normalized spacial score (nSPS) is 9.21. The van der Waals surface area contributed by atoms with Crippen LogP contribution in [-0.2, 0) is 4.74 Å². The average molecular weight is 267 g/mol. The fraction of sp³-hybridized carbons (Fsp3) is 0.400. The topological polar surface area (TPSA) is 9.23 Å². The molecule has 80 valence electrons. The van der Waals surface area contributed by atoms with E-state index in [-0.39, 0.29) is 4.47 Å². The fourth-order valence-corrected chi connectivity index (χ4v) is 1.02. The number of rotatable bonds is 2. The van der Waals surface area contributed by atoms with Crippen molar-refractivity contribution in [2.75, 3.05) is 13.2 Å². The molecule has 0 aromatic heterocycles. The molecule has 0 unspecified atom stereocenters. The maximum Gasteiger partial charge on any atom is 0.172 e. The van der Waals surface area contributed by atoms with E-state index in [9.17, 15) is 8.78 Å². The molecule has 0 atom stereocenters. The summed E-state index contributed by atoms with van der Waals surface area (Å²) < 4.78 is 29.5. The second-order valence-electron chi connectivity index (χ2n) is 2.32. The van der Waals surface area contributed by atoms with Crippen molar-refractivity contribution in [1.82, 2.24) is 0 Å². The number of hydrogen-bond donors (Lipinski definition) is 0. The third-order valence-corrected chi connectivity index (χ3v) is 1.93. The van der Waals surface area contributed by atoms with Crippen molar-refractivity contribution in [3.05, 3.63) is 34.3 Å². The number of ether oxygens (including phenoxy) is 1. The van der Waals surface area contributed by atoms with Crippen LogP contribution in [0, 0.1) is 11.6 Å². The van der Waals surface area contributed by atoms with Gasteiger partial charge >= 0.3 is 0 Å². The zero-order valence-electron chi connectivity index (χ0n) is 8.19. The molecule has 1 aromatic rings. The molecule has 1 nitrogen and oxygen atoms in total. The summed E-state index contributed by atoms with van der Waals surface area (Å²) in [6.07, 6.45) is 0. The quantitative estimate of drug-likeness (QED) is 0.741. The van der Waals surface area contributed by atoms with Crippen LogP contribution in [0.3, 0.4) is 0 Å². The van der Waals surface area contributed by atoms with Crippen LogP contribution in [0.1, 0.15) is 13.8 Å². The zero-order valence-corrected chi connectivity index (χ0v) is 9.77. The maximum absolute atomic E-state index is 12.3. The van der Waals surface area contributed by atoms with Gasteiger partial charge in [-0.3, -0.25) is 0 Å². The van der Waals surface area contributed by atoms with Crippen molar-refractivity contribution in [2.45, 2.75) is 13.8 Å². The SMILES string of the molecule is CCOCC.Fc1cccc(Br)c1F. The second-order valence-corrected chi connectivity index (χ2v) is 3.17. The van der Waals surface area contributed by atoms with Crippen molar-refractivity contribution in [3.63, 3.8) is 0 Å². The molecule has 0 aliphatic carbocycles. The van der Waals surface area contributed by atoms with Gasteiger partial charge in [0, 0.05) is 13.2 Å². The number of benzene rings is 1. The van der Waals surface area contributed by atoms with Crippen LogP contribution >= 0.6 is 15.9 Å². The van der Waals surface area contributed by atoms with Crippen molar-refractivity contribution in [3.8, 4) is 0 Å². The lowest BCUT2D eigenvalue weighted by Gasteiger charge is -1.91.